The second-order valence-electron chi connectivity index (χ2n) is 8.05. The van der Waals surface area contributed by atoms with Crippen molar-refractivity contribution in [2.45, 2.75) is 51.6 Å². The Kier molecular flexibility index (Phi) is 5.12. The number of fused-ring (bicyclic) bond motifs is 1. The lowest BCUT2D eigenvalue weighted by atomic mass is 10.0. The first-order valence-electron chi connectivity index (χ1n) is 10.1. The zero-order valence-corrected chi connectivity index (χ0v) is 16.9. The molecule has 1 N–H and O–H groups in total. The Balaban J connectivity index is 1.51. The summed E-state index contributed by atoms with van der Waals surface area (Å²) in [5, 5.41) is 1.06. The predicted octanol–water partition coefficient (Wildman–Crippen LogP) is 5.03. The van der Waals surface area contributed by atoms with Crippen LogP contribution in [0.4, 0.5) is 0 Å². The monoisotopic (exact) mass is 376 g/mol. The molecule has 0 aliphatic heterocycles. The highest BCUT2D eigenvalue weighted by Crippen LogP contribution is 2.30. The SMILES string of the molecule is COc1ccc2[nH]cc(CC(=O)N(Cc3ccc(C(C)C)cc3)C3CC3)c2c1. The molecule has 1 fully saturated rings. The van der Waals surface area contributed by atoms with Crippen LogP contribution < -0.4 is 4.74 Å². The van der Waals surface area contributed by atoms with E-state index in [-0.39, 0.29) is 5.91 Å². The Morgan fingerprint density at radius 3 is 2.57 bits per heavy atom. The van der Waals surface area contributed by atoms with Crippen LogP contribution in [0.1, 0.15) is 49.3 Å². The van der Waals surface area contributed by atoms with Gasteiger partial charge in [-0.15, -0.1) is 0 Å². The molecule has 1 aliphatic carbocycles. The fraction of sp³-hybridized carbons (Fsp3) is 0.375. The van der Waals surface area contributed by atoms with Gasteiger partial charge in [-0.1, -0.05) is 38.1 Å². The van der Waals surface area contributed by atoms with Gasteiger partial charge in [0, 0.05) is 29.7 Å². The molecule has 3 aromatic rings. The number of methoxy groups -OCH3 is 1. The van der Waals surface area contributed by atoms with E-state index in [1.807, 2.05) is 24.4 Å². The number of aromatic amines is 1. The summed E-state index contributed by atoms with van der Waals surface area (Å²) in [6, 6.07) is 15.0. The fourth-order valence-electron chi connectivity index (χ4n) is 3.71. The summed E-state index contributed by atoms with van der Waals surface area (Å²) in [6.45, 7) is 5.09. The Hall–Kier alpha value is -2.75. The number of hydrogen-bond acceptors (Lipinski definition) is 2. The molecule has 4 rings (SSSR count). The molecule has 1 saturated carbocycles. The van der Waals surface area contributed by atoms with Crippen molar-refractivity contribution in [3.63, 3.8) is 0 Å². The molecule has 0 unspecified atom stereocenters. The number of H-pyrrole nitrogens is 1. The summed E-state index contributed by atoms with van der Waals surface area (Å²) in [5.41, 5.74) is 4.59. The molecule has 146 valence electrons. The molecule has 1 aromatic heterocycles. The van der Waals surface area contributed by atoms with Gasteiger partial charge in [0.25, 0.3) is 0 Å². The predicted molar refractivity (Wildman–Crippen MR) is 113 cm³/mol. The number of nitrogens with one attached hydrogen (secondary N) is 1. The Bertz CT molecular complexity index is 968. The molecular weight excluding hydrogens is 348 g/mol. The minimum Gasteiger partial charge on any atom is -0.497 e. The maximum absolute atomic E-state index is 13.2. The molecule has 28 heavy (non-hydrogen) atoms. The van der Waals surface area contributed by atoms with Crippen LogP contribution >= 0.6 is 0 Å². The summed E-state index contributed by atoms with van der Waals surface area (Å²) in [6.07, 6.45) is 4.58. The second-order valence-corrected chi connectivity index (χ2v) is 8.05. The highest BCUT2D eigenvalue weighted by molar-refractivity contribution is 5.90. The van der Waals surface area contributed by atoms with Crippen LogP contribution in [0.25, 0.3) is 10.9 Å². The number of amides is 1. The normalized spacial score (nSPS) is 13.9. The van der Waals surface area contributed by atoms with E-state index < -0.39 is 0 Å². The van der Waals surface area contributed by atoms with Crippen LogP contribution in [0.5, 0.6) is 5.75 Å². The van der Waals surface area contributed by atoms with Gasteiger partial charge in [0.1, 0.15) is 5.75 Å². The van der Waals surface area contributed by atoms with Crippen molar-refractivity contribution in [1.29, 1.82) is 0 Å². The van der Waals surface area contributed by atoms with Crippen molar-refractivity contribution in [3.8, 4) is 5.75 Å². The molecule has 4 nitrogen and oxygen atoms in total. The van der Waals surface area contributed by atoms with Gasteiger partial charge in [0.2, 0.25) is 5.91 Å². The van der Waals surface area contributed by atoms with Crippen LogP contribution in [-0.4, -0.2) is 28.9 Å². The van der Waals surface area contributed by atoms with Gasteiger partial charge < -0.3 is 14.6 Å². The zero-order valence-electron chi connectivity index (χ0n) is 16.9. The van der Waals surface area contributed by atoms with Crippen molar-refractivity contribution in [1.82, 2.24) is 9.88 Å². The quantitative estimate of drug-likeness (QED) is 0.628. The van der Waals surface area contributed by atoms with E-state index >= 15 is 0 Å². The number of carbonyl (C=O) groups excluding carboxylic acids is 1. The van der Waals surface area contributed by atoms with Crippen LogP contribution in [0.15, 0.2) is 48.7 Å². The number of nitrogens with zero attached hydrogens (tertiary/aromatic N) is 1. The van der Waals surface area contributed by atoms with Gasteiger partial charge in [-0.05, 0) is 53.6 Å². The van der Waals surface area contributed by atoms with Crippen molar-refractivity contribution in [3.05, 3.63) is 65.4 Å². The minimum atomic E-state index is 0.194. The molecule has 0 spiro atoms. The topological polar surface area (TPSA) is 45.3 Å². The number of ether oxygens (including phenoxy) is 1. The maximum Gasteiger partial charge on any atom is 0.227 e. The van der Waals surface area contributed by atoms with E-state index in [4.69, 9.17) is 4.74 Å². The number of carbonyl (C=O) groups is 1. The number of benzene rings is 2. The molecule has 1 aliphatic rings. The van der Waals surface area contributed by atoms with Crippen LogP contribution in [0, 0.1) is 0 Å². The highest BCUT2D eigenvalue weighted by Gasteiger charge is 2.32. The minimum absolute atomic E-state index is 0.194. The smallest absolute Gasteiger partial charge is 0.227 e. The van der Waals surface area contributed by atoms with E-state index in [0.29, 0.717) is 24.9 Å². The first-order valence-corrected chi connectivity index (χ1v) is 10.1. The molecule has 0 bridgehead atoms. The third-order valence-electron chi connectivity index (χ3n) is 5.62. The second kappa shape index (κ2) is 7.70. The fourth-order valence-corrected chi connectivity index (χ4v) is 3.71. The largest absolute Gasteiger partial charge is 0.497 e. The van der Waals surface area contributed by atoms with Crippen molar-refractivity contribution in [2.75, 3.05) is 7.11 Å². The molecule has 1 amide bonds. The zero-order chi connectivity index (χ0) is 19.7. The van der Waals surface area contributed by atoms with E-state index in [1.54, 1.807) is 7.11 Å². The average molecular weight is 377 g/mol. The molecule has 0 radical (unpaired) electrons. The van der Waals surface area contributed by atoms with Gasteiger partial charge in [0.15, 0.2) is 0 Å². The third kappa shape index (κ3) is 3.91. The van der Waals surface area contributed by atoms with Crippen molar-refractivity contribution < 1.29 is 9.53 Å². The van der Waals surface area contributed by atoms with Crippen LogP contribution in [0.3, 0.4) is 0 Å². The number of rotatable bonds is 7. The van der Waals surface area contributed by atoms with Gasteiger partial charge in [-0.25, -0.2) is 0 Å². The molecule has 2 aromatic carbocycles. The average Bonchev–Trinajstić information content (AvgIpc) is 3.47. The highest BCUT2D eigenvalue weighted by atomic mass is 16.5. The maximum atomic E-state index is 13.2. The third-order valence-corrected chi connectivity index (χ3v) is 5.62. The molecule has 1 heterocycles. The van der Waals surface area contributed by atoms with Gasteiger partial charge in [-0.2, -0.15) is 0 Å². The Labute approximate surface area is 166 Å². The molecule has 0 atom stereocenters. The van der Waals surface area contributed by atoms with Gasteiger partial charge in [0.05, 0.1) is 13.5 Å². The summed E-state index contributed by atoms with van der Waals surface area (Å²) in [4.78, 5) is 18.5. The van der Waals surface area contributed by atoms with Crippen LogP contribution in [0.2, 0.25) is 0 Å². The van der Waals surface area contributed by atoms with Crippen molar-refractivity contribution in [2.24, 2.45) is 0 Å². The van der Waals surface area contributed by atoms with E-state index in [2.05, 4.69) is 48.0 Å². The van der Waals surface area contributed by atoms with Crippen molar-refractivity contribution >= 4 is 16.8 Å². The van der Waals surface area contributed by atoms with E-state index in [9.17, 15) is 4.79 Å². The molecular formula is C24H28N2O2. The molecule has 4 heteroatoms. The number of hydrogen-bond donors (Lipinski definition) is 1. The van der Waals surface area contributed by atoms with Crippen LogP contribution in [-0.2, 0) is 17.8 Å². The lowest BCUT2D eigenvalue weighted by molar-refractivity contribution is -0.131. The van der Waals surface area contributed by atoms with Gasteiger partial charge in [-0.3, -0.25) is 4.79 Å². The lowest BCUT2D eigenvalue weighted by Crippen LogP contribution is -2.33. The lowest BCUT2D eigenvalue weighted by Gasteiger charge is -2.23. The first-order chi connectivity index (χ1) is 13.5. The standard InChI is InChI=1S/C24H28N2O2/c1-16(2)18-6-4-17(5-7-18)15-26(20-8-9-20)24(27)12-19-14-25-23-11-10-21(28-3)13-22(19)23/h4-7,10-11,13-14,16,20,25H,8-9,12,15H2,1-3H3. The van der Waals surface area contributed by atoms with Gasteiger partial charge >= 0.3 is 0 Å². The van der Waals surface area contributed by atoms with E-state index in [0.717, 1.165) is 35.1 Å². The first kappa shape index (κ1) is 18.6. The summed E-state index contributed by atoms with van der Waals surface area (Å²) in [7, 11) is 1.66. The number of aromatic nitrogens is 1. The summed E-state index contributed by atoms with van der Waals surface area (Å²) >= 11 is 0. The Morgan fingerprint density at radius 1 is 1.18 bits per heavy atom. The summed E-state index contributed by atoms with van der Waals surface area (Å²) in [5.74, 6) is 1.53. The Morgan fingerprint density at radius 2 is 1.93 bits per heavy atom. The van der Waals surface area contributed by atoms with E-state index in [1.165, 1.54) is 11.1 Å². The summed E-state index contributed by atoms with van der Waals surface area (Å²) < 4.78 is 5.34. The molecule has 0 saturated heterocycles.